The smallest absolute Gasteiger partial charge is 0.337 e. The van der Waals surface area contributed by atoms with Crippen LogP contribution >= 0.6 is 0 Å². The van der Waals surface area contributed by atoms with Crippen molar-refractivity contribution in [3.05, 3.63) is 70.8 Å². The van der Waals surface area contributed by atoms with Crippen LogP contribution < -0.4 is 5.32 Å². The van der Waals surface area contributed by atoms with Crippen molar-refractivity contribution in [2.24, 2.45) is 0 Å². The van der Waals surface area contributed by atoms with E-state index < -0.39 is 0 Å². The zero-order valence-corrected chi connectivity index (χ0v) is 12.8. The molecule has 0 aromatic heterocycles. The number of carbonyl (C=O) groups excluding carboxylic acids is 1. The van der Waals surface area contributed by atoms with Gasteiger partial charge in [0.25, 0.3) is 0 Å². The molecule has 22 heavy (non-hydrogen) atoms. The van der Waals surface area contributed by atoms with E-state index in [-0.39, 0.29) is 5.97 Å². The first-order chi connectivity index (χ1) is 10.8. The van der Waals surface area contributed by atoms with Gasteiger partial charge in [0.05, 0.1) is 12.7 Å². The van der Waals surface area contributed by atoms with Gasteiger partial charge in [0.15, 0.2) is 0 Å². The highest BCUT2D eigenvalue weighted by Crippen LogP contribution is 2.29. The van der Waals surface area contributed by atoms with Gasteiger partial charge in [-0.1, -0.05) is 36.4 Å². The van der Waals surface area contributed by atoms with Gasteiger partial charge in [-0.2, -0.15) is 0 Å². The number of hydrogen-bond donors (Lipinski definition) is 1. The number of fused-ring (bicyclic) bond motifs is 1. The van der Waals surface area contributed by atoms with Crippen LogP contribution in [0.5, 0.6) is 0 Å². The molecule has 1 unspecified atom stereocenters. The molecule has 0 bridgehead atoms. The zero-order chi connectivity index (χ0) is 15.4. The van der Waals surface area contributed by atoms with Crippen LogP contribution in [0.15, 0.2) is 48.5 Å². The number of aryl methyl sites for hydroxylation is 1. The number of hydrogen-bond acceptors (Lipinski definition) is 3. The average molecular weight is 295 g/mol. The number of ether oxygens (including phenoxy) is 1. The SMILES string of the molecule is COC(=O)c1ccc(CNC2CCCc3ccccc32)cc1. The third-order valence-corrected chi connectivity index (χ3v) is 4.30. The third-order valence-electron chi connectivity index (χ3n) is 4.30. The molecule has 3 nitrogen and oxygen atoms in total. The molecule has 114 valence electrons. The van der Waals surface area contributed by atoms with E-state index in [1.807, 2.05) is 24.3 Å². The summed E-state index contributed by atoms with van der Waals surface area (Å²) in [5, 5.41) is 3.64. The van der Waals surface area contributed by atoms with Gasteiger partial charge in [0.1, 0.15) is 0 Å². The van der Waals surface area contributed by atoms with Crippen LogP contribution in [0.2, 0.25) is 0 Å². The molecule has 0 fully saturated rings. The average Bonchev–Trinajstić information content (AvgIpc) is 2.59. The standard InChI is InChI=1S/C19H21NO2/c1-22-19(21)16-11-9-14(10-12-16)13-20-18-8-4-6-15-5-2-3-7-17(15)18/h2-3,5,7,9-12,18,20H,4,6,8,13H2,1H3. The van der Waals surface area contributed by atoms with Crippen molar-refractivity contribution in [1.82, 2.24) is 5.32 Å². The second-order valence-electron chi connectivity index (χ2n) is 5.71. The van der Waals surface area contributed by atoms with E-state index in [0.29, 0.717) is 11.6 Å². The highest BCUT2D eigenvalue weighted by molar-refractivity contribution is 5.89. The number of carbonyl (C=O) groups is 1. The maximum absolute atomic E-state index is 11.4. The van der Waals surface area contributed by atoms with Crippen molar-refractivity contribution in [3.63, 3.8) is 0 Å². The number of esters is 1. The van der Waals surface area contributed by atoms with Crippen molar-refractivity contribution in [3.8, 4) is 0 Å². The molecule has 3 rings (SSSR count). The largest absolute Gasteiger partial charge is 0.465 e. The van der Waals surface area contributed by atoms with Gasteiger partial charge in [-0.3, -0.25) is 0 Å². The summed E-state index contributed by atoms with van der Waals surface area (Å²) in [5.74, 6) is -0.291. The van der Waals surface area contributed by atoms with Gasteiger partial charge in [0, 0.05) is 12.6 Å². The first-order valence-electron chi connectivity index (χ1n) is 7.76. The van der Waals surface area contributed by atoms with Crippen molar-refractivity contribution in [1.29, 1.82) is 0 Å². The van der Waals surface area contributed by atoms with Crippen molar-refractivity contribution >= 4 is 5.97 Å². The second-order valence-corrected chi connectivity index (χ2v) is 5.71. The van der Waals surface area contributed by atoms with Crippen LogP contribution in [0, 0.1) is 0 Å². The van der Waals surface area contributed by atoms with E-state index >= 15 is 0 Å². The molecule has 1 atom stereocenters. The van der Waals surface area contributed by atoms with E-state index in [0.717, 1.165) is 6.54 Å². The maximum Gasteiger partial charge on any atom is 0.337 e. The molecule has 2 aromatic carbocycles. The molecule has 2 aromatic rings. The van der Waals surface area contributed by atoms with E-state index in [1.165, 1.54) is 43.1 Å². The summed E-state index contributed by atoms with van der Waals surface area (Å²) in [6, 6.07) is 16.7. The van der Waals surface area contributed by atoms with E-state index in [2.05, 4.69) is 29.6 Å². The lowest BCUT2D eigenvalue weighted by Crippen LogP contribution is -2.24. The van der Waals surface area contributed by atoms with Gasteiger partial charge in [-0.25, -0.2) is 4.79 Å². The Morgan fingerprint density at radius 3 is 2.73 bits per heavy atom. The Balaban J connectivity index is 1.65. The van der Waals surface area contributed by atoms with Crippen molar-refractivity contribution < 1.29 is 9.53 Å². The van der Waals surface area contributed by atoms with Crippen LogP contribution in [0.25, 0.3) is 0 Å². The van der Waals surface area contributed by atoms with Gasteiger partial charge in [-0.05, 0) is 48.1 Å². The third kappa shape index (κ3) is 3.20. The molecule has 1 aliphatic rings. The topological polar surface area (TPSA) is 38.3 Å². The molecular formula is C19H21NO2. The van der Waals surface area contributed by atoms with E-state index in [4.69, 9.17) is 4.74 Å². The monoisotopic (exact) mass is 295 g/mol. The van der Waals surface area contributed by atoms with E-state index in [9.17, 15) is 4.79 Å². The van der Waals surface area contributed by atoms with Crippen LogP contribution in [0.4, 0.5) is 0 Å². The Hall–Kier alpha value is -2.13. The predicted molar refractivity (Wildman–Crippen MR) is 86.7 cm³/mol. The summed E-state index contributed by atoms with van der Waals surface area (Å²) in [6.07, 6.45) is 3.59. The van der Waals surface area contributed by atoms with Crippen LogP contribution in [-0.4, -0.2) is 13.1 Å². The summed E-state index contributed by atoms with van der Waals surface area (Å²) in [7, 11) is 1.40. The Morgan fingerprint density at radius 2 is 1.95 bits per heavy atom. The number of methoxy groups -OCH3 is 1. The Labute approximate surface area is 131 Å². The summed E-state index contributed by atoms with van der Waals surface area (Å²) in [4.78, 5) is 11.4. The fourth-order valence-electron chi connectivity index (χ4n) is 3.08. The number of benzene rings is 2. The lowest BCUT2D eigenvalue weighted by Gasteiger charge is -2.26. The first-order valence-corrected chi connectivity index (χ1v) is 7.76. The molecule has 0 amide bonds. The molecule has 0 heterocycles. The van der Waals surface area contributed by atoms with Crippen LogP contribution in [0.1, 0.15) is 45.9 Å². The maximum atomic E-state index is 11.4. The quantitative estimate of drug-likeness (QED) is 0.875. The fraction of sp³-hybridized carbons (Fsp3) is 0.316. The van der Waals surface area contributed by atoms with E-state index in [1.54, 1.807) is 0 Å². The Kier molecular flexibility index (Phi) is 4.54. The van der Waals surface area contributed by atoms with Crippen molar-refractivity contribution in [2.45, 2.75) is 31.8 Å². The normalized spacial score (nSPS) is 16.9. The molecule has 0 spiro atoms. The number of rotatable bonds is 4. The molecular weight excluding hydrogens is 274 g/mol. The lowest BCUT2D eigenvalue weighted by atomic mass is 9.87. The highest BCUT2D eigenvalue weighted by atomic mass is 16.5. The summed E-state index contributed by atoms with van der Waals surface area (Å²) in [5.41, 5.74) is 4.66. The fourth-order valence-corrected chi connectivity index (χ4v) is 3.08. The summed E-state index contributed by atoms with van der Waals surface area (Å²) < 4.78 is 4.72. The lowest BCUT2D eigenvalue weighted by molar-refractivity contribution is 0.0600. The zero-order valence-electron chi connectivity index (χ0n) is 12.8. The predicted octanol–water partition coefficient (Wildman–Crippen LogP) is 3.64. The van der Waals surface area contributed by atoms with Gasteiger partial charge in [0.2, 0.25) is 0 Å². The molecule has 0 saturated heterocycles. The highest BCUT2D eigenvalue weighted by Gasteiger charge is 2.18. The van der Waals surface area contributed by atoms with Crippen LogP contribution in [0.3, 0.4) is 0 Å². The first kappa shape index (κ1) is 14.8. The molecule has 0 saturated carbocycles. The molecule has 3 heteroatoms. The minimum atomic E-state index is -0.291. The minimum Gasteiger partial charge on any atom is -0.465 e. The molecule has 0 aliphatic heterocycles. The second kappa shape index (κ2) is 6.75. The number of nitrogens with one attached hydrogen (secondary N) is 1. The molecule has 0 radical (unpaired) electrons. The van der Waals surface area contributed by atoms with Gasteiger partial charge >= 0.3 is 5.97 Å². The summed E-state index contributed by atoms with van der Waals surface area (Å²) in [6.45, 7) is 0.806. The van der Waals surface area contributed by atoms with Crippen molar-refractivity contribution in [2.75, 3.05) is 7.11 Å². The van der Waals surface area contributed by atoms with Gasteiger partial charge in [-0.15, -0.1) is 0 Å². The van der Waals surface area contributed by atoms with Gasteiger partial charge < -0.3 is 10.1 Å². The molecule has 1 aliphatic carbocycles. The van der Waals surface area contributed by atoms with Crippen LogP contribution in [-0.2, 0) is 17.7 Å². The summed E-state index contributed by atoms with van der Waals surface area (Å²) >= 11 is 0. The molecule has 1 N–H and O–H groups in total. The minimum absolute atomic E-state index is 0.291. The Bertz CT molecular complexity index is 649. The Morgan fingerprint density at radius 1 is 1.18 bits per heavy atom.